The molecule has 29 heavy (non-hydrogen) atoms. The first-order chi connectivity index (χ1) is 13.8. The largest absolute Gasteiger partial charge is 0.392 e. The summed E-state index contributed by atoms with van der Waals surface area (Å²) in [6.07, 6.45) is 1.01. The molecule has 1 fully saturated rings. The number of thiophene rings is 1. The number of hydrogen-bond donors (Lipinski definition) is 2. The van der Waals surface area contributed by atoms with Gasteiger partial charge in [-0.2, -0.15) is 11.3 Å². The van der Waals surface area contributed by atoms with E-state index in [1.54, 1.807) is 16.3 Å². The second-order valence-electron chi connectivity index (χ2n) is 6.80. The van der Waals surface area contributed by atoms with E-state index < -0.39 is 22.1 Å². The maximum Gasteiger partial charge on any atom is 0.302 e. The van der Waals surface area contributed by atoms with E-state index in [-0.39, 0.29) is 34.5 Å². The standard InChI is InChI=1S/C18H20N4O6S/c1-11-13(9-23)8-15(21(25)26)17(16(11)22(27)28)20-5-2-14(3-6-20)19-18(24)12-4-7-29-10-12/h4,7-8,10,14,23H,2-3,5-6,9H2,1H3,(H,19,24). The minimum Gasteiger partial charge on any atom is -0.392 e. The van der Waals surface area contributed by atoms with Gasteiger partial charge in [0.15, 0.2) is 5.69 Å². The lowest BCUT2D eigenvalue weighted by atomic mass is 9.99. The van der Waals surface area contributed by atoms with E-state index in [2.05, 4.69) is 5.32 Å². The monoisotopic (exact) mass is 420 g/mol. The molecule has 1 saturated heterocycles. The van der Waals surface area contributed by atoms with Gasteiger partial charge >= 0.3 is 5.69 Å². The van der Waals surface area contributed by atoms with Crippen molar-refractivity contribution in [2.45, 2.75) is 32.4 Å². The van der Waals surface area contributed by atoms with Crippen LogP contribution >= 0.6 is 11.3 Å². The van der Waals surface area contributed by atoms with Crippen molar-refractivity contribution in [3.05, 3.63) is 59.8 Å². The minimum absolute atomic E-state index is 0.0442. The molecule has 10 nitrogen and oxygen atoms in total. The number of aliphatic hydroxyl groups is 1. The van der Waals surface area contributed by atoms with Crippen LogP contribution in [0.5, 0.6) is 0 Å². The van der Waals surface area contributed by atoms with E-state index in [0.717, 1.165) is 0 Å². The Morgan fingerprint density at radius 1 is 1.31 bits per heavy atom. The molecule has 0 unspecified atom stereocenters. The molecule has 154 valence electrons. The van der Waals surface area contributed by atoms with Crippen molar-refractivity contribution in [3.8, 4) is 0 Å². The van der Waals surface area contributed by atoms with E-state index in [0.29, 0.717) is 31.5 Å². The highest BCUT2D eigenvalue weighted by molar-refractivity contribution is 7.08. The van der Waals surface area contributed by atoms with Gasteiger partial charge < -0.3 is 15.3 Å². The first-order valence-electron chi connectivity index (χ1n) is 8.97. The molecule has 3 rings (SSSR count). The zero-order chi connectivity index (χ0) is 21.1. The fourth-order valence-electron chi connectivity index (χ4n) is 3.54. The van der Waals surface area contributed by atoms with Crippen molar-refractivity contribution in [1.82, 2.24) is 5.32 Å². The normalized spacial score (nSPS) is 14.6. The fourth-order valence-corrected chi connectivity index (χ4v) is 4.18. The number of rotatable bonds is 6. The van der Waals surface area contributed by atoms with E-state index in [1.165, 1.54) is 24.3 Å². The number of benzene rings is 1. The summed E-state index contributed by atoms with van der Waals surface area (Å²) in [4.78, 5) is 35.8. The number of nitro groups is 2. The maximum atomic E-state index is 12.2. The number of nitrogens with zero attached hydrogens (tertiary/aromatic N) is 3. The number of nitro benzene ring substituents is 2. The predicted octanol–water partition coefficient (Wildman–Crippen LogP) is 2.76. The van der Waals surface area contributed by atoms with Crippen molar-refractivity contribution >= 4 is 34.3 Å². The summed E-state index contributed by atoms with van der Waals surface area (Å²) < 4.78 is 0. The molecule has 1 aliphatic heterocycles. The lowest BCUT2D eigenvalue weighted by Gasteiger charge is -2.33. The Morgan fingerprint density at radius 2 is 2.00 bits per heavy atom. The third-order valence-corrected chi connectivity index (χ3v) is 5.78. The SMILES string of the molecule is Cc1c(CO)cc([N+](=O)[O-])c(N2CCC(NC(=O)c3ccsc3)CC2)c1[N+](=O)[O-]. The third-order valence-electron chi connectivity index (χ3n) is 5.09. The van der Waals surface area contributed by atoms with Gasteiger partial charge in [-0.15, -0.1) is 0 Å². The first-order valence-corrected chi connectivity index (χ1v) is 9.91. The number of amides is 1. The highest BCUT2D eigenvalue weighted by atomic mass is 32.1. The average Bonchev–Trinajstić information content (AvgIpc) is 3.22. The quantitative estimate of drug-likeness (QED) is 0.541. The molecule has 0 saturated carbocycles. The lowest BCUT2D eigenvalue weighted by Crippen LogP contribution is -2.45. The summed E-state index contributed by atoms with van der Waals surface area (Å²) in [5.41, 5.74) is 0.156. The van der Waals surface area contributed by atoms with Crippen LogP contribution in [0.2, 0.25) is 0 Å². The predicted molar refractivity (Wildman–Crippen MR) is 107 cm³/mol. The number of piperidine rings is 1. The van der Waals surface area contributed by atoms with Gasteiger partial charge in [0.1, 0.15) is 0 Å². The average molecular weight is 420 g/mol. The summed E-state index contributed by atoms with van der Waals surface area (Å²) >= 11 is 1.43. The lowest BCUT2D eigenvalue weighted by molar-refractivity contribution is -0.393. The summed E-state index contributed by atoms with van der Waals surface area (Å²) in [6.45, 7) is 1.61. The van der Waals surface area contributed by atoms with Crippen LogP contribution in [0, 0.1) is 27.2 Å². The van der Waals surface area contributed by atoms with E-state index in [9.17, 15) is 30.1 Å². The zero-order valence-electron chi connectivity index (χ0n) is 15.7. The molecule has 1 amide bonds. The molecular weight excluding hydrogens is 400 g/mol. The Labute approximate surface area is 170 Å². The minimum atomic E-state index is -0.661. The van der Waals surface area contributed by atoms with E-state index >= 15 is 0 Å². The second kappa shape index (κ2) is 8.53. The molecule has 2 heterocycles. The van der Waals surface area contributed by atoms with Gasteiger partial charge in [0.2, 0.25) is 0 Å². The molecule has 2 N–H and O–H groups in total. The topological polar surface area (TPSA) is 139 Å². The van der Waals surface area contributed by atoms with Crippen molar-refractivity contribution in [3.63, 3.8) is 0 Å². The number of hydrogen-bond acceptors (Lipinski definition) is 8. The van der Waals surface area contributed by atoms with Crippen LogP contribution in [0.25, 0.3) is 0 Å². The fraction of sp³-hybridized carbons (Fsp3) is 0.389. The van der Waals surface area contributed by atoms with Crippen molar-refractivity contribution in [1.29, 1.82) is 0 Å². The number of nitrogens with one attached hydrogen (secondary N) is 1. The molecule has 0 radical (unpaired) electrons. The number of carbonyl (C=O) groups is 1. The van der Waals surface area contributed by atoms with Gasteiger partial charge in [0.05, 0.1) is 16.5 Å². The molecule has 0 spiro atoms. The number of aliphatic hydroxyl groups excluding tert-OH is 1. The van der Waals surface area contributed by atoms with Crippen LogP contribution in [-0.4, -0.2) is 40.0 Å². The zero-order valence-corrected chi connectivity index (χ0v) is 16.5. The van der Waals surface area contributed by atoms with Gasteiger partial charge in [0.25, 0.3) is 11.6 Å². The van der Waals surface area contributed by atoms with Crippen molar-refractivity contribution in [2.75, 3.05) is 18.0 Å². The molecule has 2 aromatic rings. The van der Waals surface area contributed by atoms with Gasteiger partial charge in [0, 0.05) is 41.7 Å². The highest BCUT2D eigenvalue weighted by Gasteiger charge is 2.35. The van der Waals surface area contributed by atoms with Crippen LogP contribution < -0.4 is 10.2 Å². The Kier molecular flexibility index (Phi) is 6.09. The Hall–Kier alpha value is -3.05. The summed E-state index contributed by atoms with van der Waals surface area (Å²) in [7, 11) is 0. The summed E-state index contributed by atoms with van der Waals surface area (Å²) in [5.74, 6) is -0.176. The second-order valence-corrected chi connectivity index (χ2v) is 7.58. The van der Waals surface area contributed by atoms with Crippen LogP contribution in [0.4, 0.5) is 17.1 Å². The third kappa shape index (κ3) is 4.20. The smallest absolute Gasteiger partial charge is 0.302 e. The Balaban J connectivity index is 1.84. The van der Waals surface area contributed by atoms with Crippen LogP contribution in [0.1, 0.15) is 34.3 Å². The Morgan fingerprint density at radius 3 is 2.52 bits per heavy atom. The van der Waals surface area contributed by atoms with Crippen molar-refractivity contribution in [2.24, 2.45) is 0 Å². The Bertz CT molecular complexity index is 938. The summed E-state index contributed by atoms with van der Waals surface area (Å²) in [5, 5.41) is 39.2. The molecule has 1 aliphatic rings. The molecule has 1 aromatic carbocycles. The molecule has 1 aromatic heterocycles. The molecule has 0 bridgehead atoms. The maximum absolute atomic E-state index is 12.2. The molecular formula is C18H20N4O6S. The van der Waals surface area contributed by atoms with Crippen molar-refractivity contribution < 1.29 is 19.7 Å². The van der Waals surface area contributed by atoms with Crippen LogP contribution in [0.15, 0.2) is 22.9 Å². The van der Waals surface area contributed by atoms with Gasteiger partial charge in [-0.1, -0.05) is 0 Å². The van der Waals surface area contributed by atoms with Crippen LogP contribution in [-0.2, 0) is 6.61 Å². The molecule has 11 heteroatoms. The molecule has 0 aliphatic carbocycles. The van der Waals surface area contributed by atoms with Crippen LogP contribution in [0.3, 0.4) is 0 Å². The van der Waals surface area contributed by atoms with Gasteiger partial charge in [-0.25, -0.2) is 0 Å². The van der Waals surface area contributed by atoms with Gasteiger partial charge in [-0.05, 0) is 36.8 Å². The number of carbonyl (C=O) groups excluding carboxylic acids is 1. The van der Waals surface area contributed by atoms with Gasteiger partial charge in [-0.3, -0.25) is 25.0 Å². The van der Waals surface area contributed by atoms with E-state index in [4.69, 9.17) is 0 Å². The van der Waals surface area contributed by atoms with E-state index in [1.807, 2.05) is 5.38 Å². The summed E-state index contributed by atoms with van der Waals surface area (Å²) in [6, 6.07) is 2.81. The highest BCUT2D eigenvalue weighted by Crippen LogP contribution is 2.42. The first kappa shape index (κ1) is 20.7. The molecule has 0 atom stereocenters. The number of anilines is 1.